The first-order chi connectivity index (χ1) is 9.19. The Hall–Kier alpha value is -1.78. The van der Waals surface area contributed by atoms with E-state index >= 15 is 0 Å². The van der Waals surface area contributed by atoms with Crippen LogP contribution in [0.5, 0.6) is 5.75 Å². The van der Waals surface area contributed by atoms with Crippen molar-refractivity contribution in [3.63, 3.8) is 0 Å². The van der Waals surface area contributed by atoms with E-state index in [2.05, 4.69) is 4.98 Å². The molecule has 3 rings (SSSR count). The first kappa shape index (κ1) is 12.3. The van der Waals surface area contributed by atoms with Gasteiger partial charge in [0.25, 0.3) is 0 Å². The Morgan fingerprint density at radius 3 is 2.79 bits per heavy atom. The van der Waals surface area contributed by atoms with E-state index in [4.69, 9.17) is 22.1 Å². The van der Waals surface area contributed by atoms with Crippen LogP contribution < -0.4 is 10.5 Å². The standard InChI is InChI=1S/C14H11ClN2OS/c1-18-11-6-5-8(7-10(11)16)14-17-13-9(15)3-2-4-12(13)19-14/h2-7H,16H2,1H3. The molecule has 0 fully saturated rings. The summed E-state index contributed by atoms with van der Waals surface area (Å²) in [4.78, 5) is 4.57. The fourth-order valence-electron chi connectivity index (χ4n) is 1.91. The number of thiazole rings is 1. The SMILES string of the molecule is COc1ccc(-c2nc3c(Cl)cccc3s2)cc1N. The molecule has 0 amide bonds. The van der Waals surface area contributed by atoms with Gasteiger partial charge < -0.3 is 10.5 Å². The second-order valence-electron chi connectivity index (χ2n) is 4.06. The molecule has 1 heterocycles. The van der Waals surface area contributed by atoms with Gasteiger partial charge in [-0.2, -0.15) is 0 Å². The number of ether oxygens (including phenoxy) is 1. The number of nitrogen functional groups attached to an aromatic ring is 1. The van der Waals surface area contributed by atoms with E-state index in [1.807, 2.05) is 36.4 Å². The van der Waals surface area contributed by atoms with Crippen molar-refractivity contribution in [2.75, 3.05) is 12.8 Å². The van der Waals surface area contributed by atoms with Crippen LogP contribution in [-0.2, 0) is 0 Å². The predicted octanol–water partition coefficient (Wildman–Crippen LogP) is 4.21. The van der Waals surface area contributed by atoms with E-state index in [0.29, 0.717) is 16.5 Å². The maximum Gasteiger partial charge on any atom is 0.141 e. The molecule has 0 atom stereocenters. The van der Waals surface area contributed by atoms with Gasteiger partial charge in [-0.15, -0.1) is 11.3 Å². The molecule has 0 radical (unpaired) electrons. The predicted molar refractivity (Wildman–Crippen MR) is 81.0 cm³/mol. The maximum atomic E-state index is 6.14. The van der Waals surface area contributed by atoms with E-state index in [1.165, 1.54) is 0 Å². The van der Waals surface area contributed by atoms with Crippen molar-refractivity contribution in [1.29, 1.82) is 0 Å². The van der Waals surface area contributed by atoms with Crippen LogP contribution in [0.25, 0.3) is 20.8 Å². The highest BCUT2D eigenvalue weighted by atomic mass is 35.5. The molecule has 0 aliphatic heterocycles. The first-order valence-electron chi connectivity index (χ1n) is 5.68. The summed E-state index contributed by atoms with van der Waals surface area (Å²) in [5.41, 5.74) is 8.32. The van der Waals surface area contributed by atoms with Gasteiger partial charge in [-0.1, -0.05) is 17.7 Å². The minimum atomic E-state index is 0.602. The average molecular weight is 291 g/mol. The molecule has 2 aromatic carbocycles. The van der Waals surface area contributed by atoms with E-state index in [-0.39, 0.29) is 0 Å². The van der Waals surface area contributed by atoms with Crippen LogP contribution in [0, 0.1) is 0 Å². The maximum absolute atomic E-state index is 6.14. The Balaban J connectivity index is 2.14. The zero-order valence-corrected chi connectivity index (χ0v) is 11.8. The molecule has 5 heteroatoms. The number of methoxy groups -OCH3 is 1. The Kier molecular flexibility index (Phi) is 3.05. The van der Waals surface area contributed by atoms with Crippen LogP contribution in [-0.4, -0.2) is 12.1 Å². The monoisotopic (exact) mass is 290 g/mol. The lowest BCUT2D eigenvalue weighted by Gasteiger charge is -2.05. The van der Waals surface area contributed by atoms with Crippen LogP contribution in [0.3, 0.4) is 0 Å². The van der Waals surface area contributed by atoms with Crippen molar-refractivity contribution in [3.8, 4) is 16.3 Å². The van der Waals surface area contributed by atoms with Crippen molar-refractivity contribution in [3.05, 3.63) is 41.4 Å². The summed E-state index contributed by atoms with van der Waals surface area (Å²) in [5.74, 6) is 0.669. The van der Waals surface area contributed by atoms with Crippen LogP contribution >= 0.6 is 22.9 Å². The number of nitrogens with two attached hydrogens (primary N) is 1. The lowest BCUT2D eigenvalue weighted by Crippen LogP contribution is -1.92. The molecule has 3 aromatic rings. The molecule has 0 saturated heterocycles. The van der Waals surface area contributed by atoms with Gasteiger partial charge in [-0.05, 0) is 30.3 Å². The van der Waals surface area contributed by atoms with Gasteiger partial charge in [-0.3, -0.25) is 0 Å². The third-order valence-electron chi connectivity index (χ3n) is 2.85. The lowest BCUT2D eigenvalue weighted by atomic mass is 10.2. The van der Waals surface area contributed by atoms with Crippen LogP contribution in [0.4, 0.5) is 5.69 Å². The van der Waals surface area contributed by atoms with E-state index in [1.54, 1.807) is 18.4 Å². The number of anilines is 1. The number of fused-ring (bicyclic) bond motifs is 1. The fourth-order valence-corrected chi connectivity index (χ4v) is 3.17. The van der Waals surface area contributed by atoms with E-state index in [9.17, 15) is 0 Å². The number of nitrogens with zero attached hydrogens (tertiary/aromatic N) is 1. The van der Waals surface area contributed by atoms with Crippen LogP contribution in [0.15, 0.2) is 36.4 Å². The van der Waals surface area contributed by atoms with Gasteiger partial charge in [0, 0.05) is 5.56 Å². The van der Waals surface area contributed by atoms with Crippen molar-refractivity contribution >= 4 is 38.8 Å². The zero-order valence-electron chi connectivity index (χ0n) is 10.2. The van der Waals surface area contributed by atoms with Crippen LogP contribution in [0.1, 0.15) is 0 Å². The fraction of sp³-hybridized carbons (Fsp3) is 0.0714. The molecule has 0 bridgehead atoms. The normalized spacial score (nSPS) is 10.8. The summed E-state index contributed by atoms with van der Waals surface area (Å²) in [6.45, 7) is 0. The van der Waals surface area contributed by atoms with Crippen molar-refractivity contribution in [2.24, 2.45) is 0 Å². The van der Waals surface area contributed by atoms with Crippen molar-refractivity contribution in [1.82, 2.24) is 4.98 Å². The van der Waals surface area contributed by atoms with Gasteiger partial charge >= 0.3 is 0 Å². The summed E-state index contributed by atoms with van der Waals surface area (Å²) in [6, 6.07) is 11.4. The molecule has 0 unspecified atom stereocenters. The summed E-state index contributed by atoms with van der Waals surface area (Å²) in [5, 5.41) is 1.57. The molecular formula is C14H11ClN2OS. The number of hydrogen-bond acceptors (Lipinski definition) is 4. The van der Waals surface area contributed by atoms with E-state index < -0.39 is 0 Å². The largest absolute Gasteiger partial charge is 0.495 e. The van der Waals surface area contributed by atoms with Gasteiger partial charge in [-0.25, -0.2) is 4.98 Å². The average Bonchev–Trinajstić information content (AvgIpc) is 2.84. The first-order valence-corrected chi connectivity index (χ1v) is 6.87. The molecule has 3 nitrogen and oxygen atoms in total. The number of rotatable bonds is 2. The second kappa shape index (κ2) is 4.72. The van der Waals surface area contributed by atoms with Gasteiger partial charge in [0.1, 0.15) is 16.3 Å². The summed E-state index contributed by atoms with van der Waals surface area (Å²) < 4.78 is 6.22. The Morgan fingerprint density at radius 1 is 1.26 bits per heavy atom. The minimum Gasteiger partial charge on any atom is -0.495 e. The smallest absolute Gasteiger partial charge is 0.141 e. The Bertz CT molecular complexity index is 754. The molecule has 0 spiro atoms. The molecule has 2 N–H and O–H groups in total. The highest BCUT2D eigenvalue weighted by Gasteiger charge is 2.10. The summed E-state index contributed by atoms with van der Waals surface area (Å²) in [7, 11) is 1.60. The van der Waals surface area contributed by atoms with Gasteiger partial charge in [0.15, 0.2) is 0 Å². The molecule has 0 saturated carbocycles. The molecule has 19 heavy (non-hydrogen) atoms. The van der Waals surface area contributed by atoms with E-state index in [0.717, 1.165) is 20.8 Å². The summed E-state index contributed by atoms with van der Waals surface area (Å²) >= 11 is 7.73. The third-order valence-corrected chi connectivity index (χ3v) is 4.22. The summed E-state index contributed by atoms with van der Waals surface area (Å²) in [6.07, 6.45) is 0. The molecule has 1 aromatic heterocycles. The topological polar surface area (TPSA) is 48.1 Å². The van der Waals surface area contributed by atoms with Crippen LogP contribution in [0.2, 0.25) is 5.02 Å². The lowest BCUT2D eigenvalue weighted by molar-refractivity contribution is 0.417. The Morgan fingerprint density at radius 2 is 2.11 bits per heavy atom. The van der Waals surface area contributed by atoms with Crippen molar-refractivity contribution in [2.45, 2.75) is 0 Å². The molecule has 0 aliphatic rings. The number of hydrogen-bond donors (Lipinski definition) is 1. The zero-order chi connectivity index (χ0) is 13.4. The Labute approximate surface area is 119 Å². The number of para-hydroxylation sites is 1. The molecule has 96 valence electrons. The van der Waals surface area contributed by atoms with Gasteiger partial charge in [0.05, 0.1) is 22.5 Å². The number of benzene rings is 2. The second-order valence-corrected chi connectivity index (χ2v) is 5.50. The quantitative estimate of drug-likeness (QED) is 0.719. The van der Waals surface area contributed by atoms with Gasteiger partial charge in [0.2, 0.25) is 0 Å². The highest BCUT2D eigenvalue weighted by molar-refractivity contribution is 7.21. The minimum absolute atomic E-state index is 0.602. The third kappa shape index (κ3) is 2.13. The highest BCUT2D eigenvalue weighted by Crippen LogP contribution is 2.35. The molecule has 0 aliphatic carbocycles. The number of halogens is 1. The molecular weight excluding hydrogens is 280 g/mol. The number of aromatic nitrogens is 1. The van der Waals surface area contributed by atoms with Crippen molar-refractivity contribution < 1.29 is 4.74 Å².